The van der Waals surface area contributed by atoms with Crippen LogP contribution in [-0.4, -0.2) is 29.4 Å². The minimum atomic E-state index is -1.20. The molecule has 0 spiro atoms. The smallest absolute Gasteiger partial charge is 0.317 e. The van der Waals surface area contributed by atoms with E-state index < -0.39 is 29.6 Å². The van der Waals surface area contributed by atoms with E-state index in [-0.39, 0.29) is 6.61 Å². The summed E-state index contributed by atoms with van der Waals surface area (Å²) >= 11 is 0. The Morgan fingerprint density at radius 1 is 1.36 bits per heavy atom. The van der Waals surface area contributed by atoms with E-state index in [1.807, 2.05) is 0 Å². The van der Waals surface area contributed by atoms with Crippen LogP contribution in [-0.2, 0) is 19.1 Å². The van der Waals surface area contributed by atoms with Gasteiger partial charge < -0.3 is 9.84 Å². The summed E-state index contributed by atoms with van der Waals surface area (Å²) in [6.45, 7) is 4.22. The number of carbonyl (C=O) groups is 3. The van der Waals surface area contributed by atoms with E-state index in [4.69, 9.17) is 5.11 Å². The molecule has 0 aliphatic carbocycles. The third kappa shape index (κ3) is 3.16. The lowest BCUT2D eigenvalue weighted by molar-refractivity contribution is -0.159. The normalized spacial score (nSPS) is 14.2. The van der Waals surface area contributed by atoms with E-state index in [9.17, 15) is 14.4 Å². The van der Waals surface area contributed by atoms with Gasteiger partial charge >= 0.3 is 11.9 Å². The molecule has 0 aromatic carbocycles. The van der Waals surface area contributed by atoms with Crippen LogP contribution >= 0.6 is 0 Å². The van der Waals surface area contributed by atoms with Crippen molar-refractivity contribution in [3.05, 3.63) is 0 Å². The highest BCUT2D eigenvalue weighted by Gasteiger charge is 2.34. The zero-order valence-electron chi connectivity index (χ0n) is 8.44. The van der Waals surface area contributed by atoms with Crippen LogP contribution in [0.1, 0.15) is 20.8 Å². The maximum atomic E-state index is 11.2. The summed E-state index contributed by atoms with van der Waals surface area (Å²) in [5.41, 5.74) is 0. The average molecular weight is 202 g/mol. The number of rotatable bonds is 5. The SMILES string of the molecule is CCOC(=O)C(C(C)=O)C(C)C(=O)O. The van der Waals surface area contributed by atoms with Gasteiger partial charge in [-0.1, -0.05) is 6.92 Å². The molecule has 0 radical (unpaired) electrons. The van der Waals surface area contributed by atoms with E-state index >= 15 is 0 Å². The fraction of sp³-hybridized carbons (Fsp3) is 0.667. The maximum absolute atomic E-state index is 11.2. The van der Waals surface area contributed by atoms with Crippen molar-refractivity contribution in [2.45, 2.75) is 20.8 Å². The number of carboxylic acids is 1. The van der Waals surface area contributed by atoms with E-state index in [1.165, 1.54) is 13.8 Å². The van der Waals surface area contributed by atoms with Gasteiger partial charge in [-0.25, -0.2) is 0 Å². The zero-order valence-corrected chi connectivity index (χ0v) is 8.44. The van der Waals surface area contributed by atoms with Gasteiger partial charge in [-0.15, -0.1) is 0 Å². The topological polar surface area (TPSA) is 80.7 Å². The molecule has 5 nitrogen and oxygen atoms in total. The Bertz CT molecular complexity index is 246. The lowest BCUT2D eigenvalue weighted by Gasteiger charge is -2.15. The average Bonchev–Trinajstić information content (AvgIpc) is 2.03. The number of ketones is 1. The van der Waals surface area contributed by atoms with E-state index in [1.54, 1.807) is 6.92 Å². The predicted molar refractivity (Wildman–Crippen MR) is 47.6 cm³/mol. The minimum Gasteiger partial charge on any atom is -0.481 e. The van der Waals surface area contributed by atoms with Gasteiger partial charge in [-0.2, -0.15) is 0 Å². The molecular weight excluding hydrogens is 188 g/mol. The van der Waals surface area contributed by atoms with Crippen molar-refractivity contribution in [3.8, 4) is 0 Å². The van der Waals surface area contributed by atoms with Crippen LogP contribution < -0.4 is 0 Å². The number of ether oxygens (including phenoxy) is 1. The van der Waals surface area contributed by atoms with Gasteiger partial charge in [0.15, 0.2) is 0 Å². The van der Waals surface area contributed by atoms with Crippen molar-refractivity contribution in [2.75, 3.05) is 6.61 Å². The van der Waals surface area contributed by atoms with Crippen LogP contribution in [0.5, 0.6) is 0 Å². The third-order valence-corrected chi connectivity index (χ3v) is 1.87. The second kappa shape index (κ2) is 5.36. The summed E-state index contributed by atoms with van der Waals surface area (Å²) in [4.78, 5) is 32.9. The first kappa shape index (κ1) is 12.6. The third-order valence-electron chi connectivity index (χ3n) is 1.87. The minimum absolute atomic E-state index is 0.134. The van der Waals surface area contributed by atoms with E-state index in [0.717, 1.165) is 0 Å². The Morgan fingerprint density at radius 2 is 1.86 bits per heavy atom. The molecule has 0 amide bonds. The Kier molecular flexibility index (Phi) is 4.83. The first-order valence-corrected chi connectivity index (χ1v) is 4.31. The largest absolute Gasteiger partial charge is 0.481 e. The molecule has 0 saturated heterocycles. The first-order chi connectivity index (χ1) is 6.41. The summed E-state index contributed by atoms with van der Waals surface area (Å²) in [7, 11) is 0. The molecule has 0 heterocycles. The molecule has 0 aliphatic rings. The molecule has 5 heteroatoms. The van der Waals surface area contributed by atoms with Gasteiger partial charge in [-0.3, -0.25) is 14.4 Å². The second-order valence-corrected chi connectivity index (χ2v) is 2.97. The summed E-state index contributed by atoms with van der Waals surface area (Å²) in [6, 6.07) is 0. The molecule has 0 aliphatic heterocycles. The van der Waals surface area contributed by atoms with Gasteiger partial charge in [0.2, 0.25) is 0 Å². The standard InChI is InChI=1S/C9H14O5/c1-4-14-9(13)7(6(3)10)5(2)8(11)12/h5,7H,4H2,1-3H3,(H,11,12). The van der Waals surface area contributed by atoms with Crippen molar-refractivity contribution in [1.82, 2.24) is 0 Å². The fourth-order valence-electron chi connectivity index (χ4n) is 1.10. The van der Waals surface area contributed by atoms with Crippen molar-refractivity contribution < 1.29 is 24.2 Å². The van der Waals surface area contributed by atoms with Crippen LogP contribution in [0.25, 0.3) is 0 Å². The molecule has 80 valence electrons. The highest BCUT2D eigenvalue weighted by molar-refractivity contribution is 6.01. The summed E-state index contributed by atoms with van der Waals surface area (Å²) < 4.78 is 4.61. The number of carbonyl (C=O) groups excluding carboxylic acids is 2. The number of aliphatic carboxylic acids is 1. The van der Waals surface area contributed by atoms with Crippen molar-refractivity contribution >= 4 is 17.7 Å². The van der Waals surface area contributed by atoms with Gasteiger partial charge in [0.1, 0.15) is 11.7 Å². The molecule has 14 heavy (non-hydrogen) atoms. The maximum Gasteiger partial charge on any atom is 0.317 e. The number of hydrogen-bond donors (Lipinski definition) is 1. The van der Waals surface area contributed by atoms with Gasteiger partial charge in [0.05, 0.1) is 12.5 Å². The first-order valence-electron chi connectivity index (χ1n) is 4.31. The van der Waals surface area contributed by atoms with Crippen molar-refractivity contribution in [3.63, 3.8) is 0 Å². The molecule has 2 unspecified atom stereocenters. The highest BCUT2D eigenvalue weighted by Crippen LogP contribution is 2.15. The molecule has 2 atom stereocenters. The molecule has 0 fully saturated rings. The van der Waals surface area contributed by atoms with Gasteiger partial charge in [0.25, 0.3) is 0 Å². The second-order valence-electron chi connectivity index (χ2n) is 2.97. The predicted octanol–water partition coefficient (Wildman–Crippen LogP) is 0.475. The monoisotopic (exact) mass is 202 g/mol. The number of Topliss-reactive ketones (excluding diaryl/α,β-unsaturated/α-hetero) is 1. The summed E-state index contributed by atoms with van der Waals surface area (Å²) in [5.74, 6) is -4.69. The molecule has 1 N–H and O–H groups in total. The van der Waals surface area contributed by atoms with Crippen LogP contribution in [0.15, 0.2) is 0 Å². The Balaban J connectivity index is 4.68. The molecule has 0 saturated carbocycles. The molecule has 0 bridgehead atoms. The number of hydrogen-bond acceptors (Lipinski definition) is 4. The van der Waals surface area contributed by atoms with Crippen LogP contribution in [0.2, 0.25) is 0 Å². The van der Waals surface area contributed by atoms with E-state index in [0.29, 0.717) is 0 Å². The van der Waals surface area contributed by atoms with Crippen molar-refractivity contribution in [2.24, 2.45) is 11.8 Å². The Morgan fingerprint density at radius 3 is 2.14 bits per heavy atom. The van der Waals surface area contributed by atoms with Gasteiger partial charge in [-0.05, 0) is 13.8 Å². The molecule has 0 aromatic rings. The fourth-order valence-corrected chi connectivity index (χ4v) is 1.10. The van der Waals surface area contributed by atoms with Crippen LogP contribution in [0, 0.1) is 11.8 Å². The van der Waals surface area contributed by atoms with Gasteiger partial charge in [0, 0.05) is 0 Å². The lowest BCUT2D eigenvalue weighted by Crippen LogP contribution is -2.34. The summed E-state index contributed by atoms with van der Waals surface area (Å²) in [6.07, 6.45) is 0. The van der Waals surface area contributed by atoms with Crippen molar-refractivity contribution in [1.29, 1.82) is 0 Å². The number of esters is 1. The zero-order chi connectivity index (χ0) is 11.3. The molecule has 0 rings (SSSR count). The highest BCUT2D eigenvalue weighted by atomic mass is 16.5. The summed E-state index contributed by atoms with van der Waals surface area (Å²) in [5, 5.41) is 8.66. The van der Waals surface area contributed by atoms with Crippen LogP contribution in [0.4, 0.5) is 0 Å². The molecule has 0 aromatic heterocycles. The Labute approximate surface area is 82.1 Å². The van der Waals surface area contributed by atoms with E-state index in [2.05, 4.69) is 4.74 Å². The lowest BCUT2D eigenvalue weighted by atomic mass is 9.91. The molecular formula is C9H14O5. The number of carboxylic acid groups (broad SMARTS) is 1. The van der Waals surface area contributed by atoms with Crippen LogP contribution in [0.3, 0.4) is 0 Å². The Hall–Kier alpha value is -1.39. The quantitative estimate of drug-likeness (QED) is 0.518.